The molecule has 0 unspecified atom stereocenters. The summed E-state index contributed by atoms with van der Waals surface area (Å²) < 4.78 is 0. The number of aliphatic carboxylic acids is 1. The molecule has 0 heterocycles. The van der Waals surface area contributed by atoms with Crippen LogP contribution in [-0.2, 0) is 4.79 Å². The van der Waals surface area contributed by atoms with Crippen molar-refractivity contribution in [2.75, 3.05) is 5.32 Å². The van der Waals surface area contributed by atoms with Crippen molar-refractivity contribution in [3.8, 4) is 0 Å². The van der Waals surface area contributed by atoms with Crippen LogP contribution in [0.1, 0.15) is 35.2 Å². The summed E-state index contributed by atoms with van der Waals surface area (Å²) in [5, 5.41) is 12.3. The molecule has 4 N–H and O–H groups in total. The number of carboxylic acid groups (broad SMARTS) is 1. The largest absolute Gasteiger partial charge is 0.480 e. The summed E-state index contributed by atoms with van der Waals surface area (Å²) in [4.78, 5) is 22.3. The second kappa shape index (κ2) is 4.33. The van der Waals surface area contributed by atoms with Gasteiger partial charge in [-0.2, -0.15) is 0 Å². The van der Waals surface area contributed by atoms with Crippen molar-refractivity contribution in [3.63, 3.8) is 0 Å². The minimum absolute atomic E-state index is 0.457. The van der Waals surface area contributed by atoms with Gasteiger partial charge in [0.05, 0.1) is 0 Å². The van der Waals surface area contributed by atoms with E-state index in [2.05, 4.69) is 5.32 Å². The molecule has 18 heavy (non-hydrogen) atoms. The molecule has 1 fully saturated rings. The number of nitrogens with one attached hydrogen (secondary N) is 1. The average Bonchev–Trinajstić information content (AvgIpc) is 2.22. The number of benzene rings is 1. The summed E-state index contributed by atoms with van der Waals surface area (Å²) in [5.41, 5.74) is 6.29. The van der Waals surface area contributed by atoms with E-state index in [1.807, 2.05) is 0 Å². The number of aryl methyl sites for hydroxylation is 1. The summed E-state index contributed by atoms with van der Waals surface area (Å²) >= 11 is 0. The van der Waals surface area contributed by atoms with E-state index in [-0.39, 0.29) is 0 Å². The van der Waals surface area contributed by atoms with Crippen LogP contribution in [0.15, 0.2) is 18.2 Å². The lowest BCUT2D eigenvalue weighted by Crippen LogP contribution is -2.52. The lowest BCUT2D eigenvalue weighted by Gasteiger charge is -2.39. The number of carbonyl (C=O) groups is 2. The van der Waals surface area contributed by atoms with E-state index in [4.69, 9.17) is 5.73 Å². The maximum absolute atomic E-state index is 11.2. The molecule has 2 rings (SSSR count). The van der Waals surface area contributed by atoms with Crippen molar-refractivity contribution in [3.05, 3.63) is 29.3 Å². The van der Waals surface area contributed by atoms with E-state index in [0.717, 1.165) is 12.0 Å². The highest BCUT2D eigenvalue weighted by molar-refractivity contribution is 5.95. The van der Waals surface area contributed by atoms with Gasteiger partial charge >= 0.3 is 5.97 Å². The summed E-state index contributed by atoms with van der Waals surface area (Å²) in [6.07, 6.45) is 2.16. The highest BCUT2D eigenvalue weighted by atomic mass is 16.4. The smallest absolute Gasteiger partial charge is 0.329 e. The standard InChI is InChI=1S/C13H16N2O3/c1-8-7-9(3-4-10(8)11(14)16)15-13(12(17)18)5-2-6-13/h3-4,7,15H,2,5-6H2,1H3,(H2,14,16)(H,17,18). The van der Waals surface area contributed by atoms with Gasteiger partial charge in [0.25, 0.3) is 0 Å². The molecule has 1 aliphatic carbocycles. The fourth-order valence-corrected chi connectivity index (χ4v) is 2.22. The number of primary amides is 1. The maximum Gasteiger partial charge on any atom is 0.329 e. The number of nitrogens with two attached hydrogens (primary N) is 1. The first-order valence-electron chi connectivity index (χ1n) is 5.87. The molecule has 96 valence electrons. The van der Waals surface area contributed by atoms with Gasteiger partial charge in [0, 0.05) is 11.3 Å². The predicted octanol–water partition coefficient (Wildman–Crippen LogP) is 1.51. The molecule has 1 aromatic rings. The van der Waals surface area contributed by atoms with Crippen LogP contribution in [0.25, 0.3) is 0 Å². The molecule has 0 bridgehead atoms. The molecule has 0 atom stereocenters. The lowest BCUT2D eigenvalue weighted by molar-refractivity contribution is -0.145. The van der Waals surface area contributed by atoms with Crippen molar-refractivity contribution in [1.82, 2.24) is 0 Å². The van der Waals surface area contributed by atoms with Crippen LogP contribution in [-0.4, -0.2) is 22.5 Å². The monoisotopic (exact) mass is 248 g/mol. The van der Waals surface area contributed by atoms with Gasteiger partial charge in [-0.15, -0.1) is 0 Å². The number of hydrogen-bond donors (Lipinski definition) is 3. The molecule has 0 aromatic heterocycles. The van der Waals surface area contributed by atoms with Crippen molar-refractivity contribution in [2.24, 2.45) is 5.73 Å². The molecule has 1 saturated carbocycles. The number of anilines is 1. The Balaban J connectivity index is 2.23. The molecule has 0 saturated heterocycles. The maximum atomic E-state index is 11.2. The molecule has 1 aromatic carbocycles. The zero-order valence-electron chi connectivity index (χ0n) is 10.2. The molecule has 0 radical (unpaired) electrons. The van der Waals surface area contributed by atoms with Crippen LogP contribution < -0.4 is 11.1 Å². The average molecular weight is 248 g/mol. The van der Waals surface area contributed by atoms with E-state index in [1.54, 1.807) is 25.1 Å². The highest BCUT2D eigenvalue weighted by Crippen LogP contribution is 2.35. The first-order chi connectivity index (χ1) is 8.44. The van der Waals surface area contributed by atoms with Crippen LogP contribution >= 0.6 is 0 Å². The molecular weight excluding hydrogens is 232 g/mol. The van der Waals surface area contributed by atoms with E-state index < -0.39 is 17.4 Å². The van der Waals surface area contributed by atoms with Gasteiger partial charge in [0.15, 0.2) is 0 Å². The normalized spacial score (nSPS) is 16.7. The molecule has 5 nitrogen and oxygen atoms in total. The van der Waals surface area contributed by atoms with E-state index >= 15 is 0 Å². The summed E-state index contributed by atoms with van der Waals surface area (Å²) in [6.45, 7) is 1.78. The fraction of sp³-hybridized carbons (Fsp3) is 0.385. The minimum Gasteiger partial charge on any atom is -0.480 e. The quantitative estimate of drug-likeness (QED) is 0.753. The summed E-state index contributed by atoms with van der Waals surface area (Å²) in [6, 6.07) is 5.06. The third-order valence-corrected chi connectivity index (χ3v) is 3.49. The Labute approximate surface area is 105 Å². The van der Waals surface area contributed by atoms with Gasteiger partial charge in [-0.25, -0.2) is 4.79 Å². The Bertz CT molecular complexity index is 507. The molecule has 1 aliphatic rings. The van der Waals surface area contributed by atoms with Gasteiger partial charge in [0.2, 0.25) is 5.91 Å². The van der Waals surface area contributed by atoms with Crippen molar-refractivity contribution in [2.45, 2.75) is 31.7 Å². The number of hydrogen-bond acceptors (Lipinski definition) is 3. The zero-order valence-corrected chi connectivity index (χ0v) is 10.2. The van der Waals surface area contributed by atoms with E-state index in [0.29, 0.717) is 24.1 Å². The van der Waals surface area contributed by atoms with Crippen LogP contribution in [0.4, 0.5) is 5.69 Å². The van der Waals surface area contributed by atoms with Crippen molar-refractivity contribution in [1.29, 1.82) is 0 Å². The molecule has 1 amide bonds. The number of carbonyl (C=O) groups excluding carboxylic acids is 1. The van der Waals surface area contributed by atoms with Crippen LogP contribution in [0.5, 0.6) is 0 Å². The Morgan fingerprint density at radius 2 is 2.06 bits per heavy atom. The number of amides is 1. The topological polar surface area (TPSA) is 92.4 Å². The third kappa shape index (κ3) is 2.03. The van der Waals surface area contributed by atoms with Crippen LogP contribution in [0.2, 0.25) is 0 Å². The van der Waals surface area contributed by atoms with Gasteiger partial charge in [-0.3, -0.25) is 4.79 Å². The summed E-state index contributed by atoms with van der Waals surface area (Å²) in [7, 11) is 0. The molecule has 5 heteroatoms. The Morgan fingerprint density at radius 1 is 1.39 bits per heavy atom. The van der Waals surface area contributed by atoms with Gasteiger partial charge in [-0.05, 0) is 49.9 Å². The Hall–Kier alpha value is -2.04. The molecule has 0 aliphatic heterocycles. The van der Waals surface area contributed by atoms with Gasteiger partial charge in [-0.1, -0.05) is 0 Å². The molecule has 0 spiro atoms. The minimum atomic E-state index is -0.847. The van der Waals surface area contributed by atoms with Gasteiger partial charge < -0.3 is 16.2 Å². The first kappa shape index (κ1) is 12.4. The third-order valence-electron chi connectivity index (χ3n) is 3.49. The first-order valence-corrected chi connectivity index (χ1v) is 5.87. The number of rotatable bonds is 4. The van der Waals surface area contributed by atoms with E-state index in [9.17, 15) is 14.7 Å². The predicted molar refractivity (Wildman–Crippen MR) is 67.5 cm³/mol. The zero-order chi connectivity index (χ0) is 13.3. The fourth-order valence-electron chi connectivity index (χ4n) is 2.22. The number of carboxylic acids is 1. The Kier molecular flexibility index (Phi) is 2.98. The second-order valence-corrected chi connectivity index (χ2v) is 4.76. The van der Waals surface area contributed by atoms with Crippen molar-refractivity contribution >= 4 is 17.6 Å². The van der Waals surface area contributed by atoms with Crippen LogP contribution in [0.3, 0.4) is 0 Å². The van der Waals surface area contributed by atoms with Crippen LogP contribution in [0, 0.1) is 6.92 Å². The SMILES string of the molecule is Cc1cc(NC2(C(=O)O)CCC2)ccc1C(N)=O. The highest BCUT2D eigenvalue weighted by Gasteiger charge is 2.44. The lowest BCUT2D eigenvalue weighted by atomic mass is 9.76. The van der Waals surface area contributed by atoms with Crippen molar-refractivity contribution < 1.29 is 14.7 Å². The second-order valence-electron chi connectivity index (χ2n) is 4.76. The Morgan fingerprint density at radius 3 is 2.44 bits per heavy atom. The molecular formula is C13H16N2O3. The van der Waals surface area contributed by atoms with E-state index in [1.165, 1.54) is 0 Å². The van der Waals surface area contributed by atoms with Gasteiger partial charge in [0.1, 0.15) is 5.54 Å². The summed E-state index contributed by atoms with van der Waals surface area (Å²) in [5.74, 6) is -1.30.